The fourth-order valence-corrected chi connectivity index (χ4v) is 8.21. The van der Waals surface area contributed by atoms with Gasteiger partial charge in [-0.25, -0.2) is 0 Å². The fourth-order valence-electron chi connectivity index (χ4n) is 8.21. The van der Waals surface area contributed by atoms with E-state index in [9.17, 15) is 15.0 Å². The molecule has 0 aliphatic rings. The Labute approximate surface area is 434 Å². The van der Waals surface area contributed by atoms with Crippen LogP contribution in [0.25, 0.3) is 0 Å². The summed E-state index contributed by atoms with van der Waals surface area (Å²) >= 11 is 0. The van der Waals surface area contributed by atoms with Crippen LogP contribution < -0.4 is 5.32 Å². The summed E-state index contributed by atoms with van der Waals surface area (Å²) in [6.45, 7) is 4.19. The second kappa shape index (κ2) is 59.8. The summed E-state index contributed by atoms with van der Waals surface area (Å²) in [4.78, 5) is 12.5. The molecule has 0 aromatic carbocycles. The van der Waals surface area contributed by atoms with Crippen LogP contribution in [0.15, 0.2) is 134 Å². The largest absolute Gasteiger partial charge is 0.394 e. The number of unbranched alkanes of at least 4 members (excludes halogenated alkanes) is 25. The lowest BCUT2D eigenvalue weighted by Crippen LogP contribution is -2.45. The predicted molar refractivity (Wildman–Crippen MR) is 312 cm³/mol. The average Bonchev–Trinajstić information content (AvgIpc) is 3.36. The number of rotatable bonds is 52. The van der Waals surface area contributed by atoms with Gasteiger partial charge in [-0.3, -0.25) is 4.79 Å². The van der Waals surface area contributed by atoms with Crippen molar-refractivity contribution in [2.45, 2.75) is 270 Å². The minimum atomic E-state index is -0.869. The molecule has 2 unspecified atom stereocenters. The summed E-state index contributed by atoms with van der Waals surface area (Å²) in [7, 11) is 0. The normalized spacial score (nSPS) is 13.8. The van der Waals surface area contributed by atoms with Crippen LogP contribution in [0.1, 0.15) is 258 Å². The van der Waals surface area contributed by atoms with Crippen LogP contribution in [0.2, 0.25) is 0 Å². The number of carbonyl (C=O) groups is 1. The number of allylic oxidation sites excluding steroid dienone is 21. The third-order valence-electron chi connectivity index (χ3n) is 12.6. The molecule has 0 bridgehead atoms. The maximum absolute atomic E-state index is 12.5. The van der Waals surface area contributed by atoms with Crippen molar-refractivity contribution in [2.24, 2.45) is 0 Å². The zero-order valence-corrected chi connectivity index (χ0v) is 45.7. The van der Waals surface area contributed by atoms with E-state index in [1.165, 1.54) is 141 Å². The highest BCUT2D eigenvalue weighted by molar-refractivity contribution is 5.76. The molecule has 0 aromatic rings. The smallest absolute Gasteiger partial charge is 0.220 e. The van der Waals surface area contributed by atoms with Gasteiger partial charge < -0.3 is 15.5 Å². The third-order valence-corrected chi connectivity index (χ3v) is 12.6. The fraction of sp³-hybridized carbons (Fsp3) is 0.652. The standard InChI is InChI=1S/C66H111NO3/c1-3-5-7-9-11-13-15-17-19-21-23-25-27-29-30-31-32-33-34-35-36-38-40-42-44-46-48-50-52-54-56-58-60-62-66(70)67-64(63-68)65(69)61-59-57-55-53-51-49-47-45-43-41-39-37-28-26-24-22-20-18-16-14-12-10-8-6-4-2/h5,7,11,13,17,19,23,25,29-30,32-33,35-36,40,42,46,48,52,54,59,61,64-65,68-69H,3-4,6,8-10,12,14-16,18,20-22,24,26-28,31,34,37-39,41,43-45,47,49-51,53,55-58,60,62-63H2,1-2H3,(H,67,70)/b7-5-,13-11-,19-17-,25-23-,30-29-,33-32-,36-35-,42-40-,48-46-,54-52-,61-59+. The monoisotopic (exact) mass is 966 g/mol. The summed E-state index contributed by atoms with van der Waals surface area (Å²) in [5, 5.41) is 23.2. The number of nitrogens with one attached hydrogen (secondary N) is 1. The van der Waals surface area contributed by atoms with Gasteiger partial charge in [0.1, 0.15) is 0 Å². The second-order valence-electron chi connectivity index (χ2n) is 19.3. The highest BCUT2D eigenvalue weighted by Crippen LogP contribution is 2.16. The third kappa shape index (κ3) is 55.5. The Morgan fingerprint density at radius 3 is 0.943 bits per heavy atom. The minimum Gasteiger partial charge on any atom is -0.394 e. The van der Waals surface area contributed by atoms with Crippen LogP contribution in [0.3, 0.4) is 0 Å². The molecule has 0 aromatic heterocycles. The van der Waals surface area contributed by atoms with Crippen LogP contribution in [-0.2, 0) is 4.79 Å². The van der Waals surface area contributed by atoms with Gasteiger partial charge in [-0.1, -0.05) is 289 Å². The van der Waals surface area contributed by atoms with Gasteiger partial charge in [0, 0.05) is 6.42 Å². The maximum Gasteiger partial charge on any atom is 0.220 e. The molecule has 0 spiro atoms. The summed E-state index contributed by atoms with van der Waals surface area (Å²) in [6, 6.07) is -0.657. The molecule has 4 nitrogen and oxygen atoms in total. The molecule has 70 heavy (non-hydrogen) atoms. The van der Waals surface area contributed by atoms with Crippen LogP contribution in [0.4, 0.5) is 0 Å². The number of carbonyl (C=O) groups excluding carboxylic acids is 1. The molecule has 0 aliphatic heterocycles. The van der Waals surface area contributed by atoms with Crippen molar-refractivity contribution < 1.29 is 15.0 Å². The van der Waals surface area contributed by atoms with E-state index in [0.29, 0.717) is 6.42 Å². The van der Waals surface area contributed by atoms with E-state index in [4.69, 9.17) is 0 Å². The van der Waals surface area contributed by atoms with Gasteiger partial charge in [-0.2, -0.15) is 0 Å². The predicted octanol–water partition coefficient (Wildman–Crippen LogP) is 19.8. The van der Waals surface area contributed by atoms with E-state index in [1.807, 2.05) is 6.08 Å². The number of aliphatic hydroxyl groups excluding tert-OH is 2. The van der Waals surface area contributed by atoms with E-state index in [2.05, 4.69) is 141 Å². The minimum absolute atomic E-state index is 0.110. The molecule has 3 N–H and O–H groups in total. The number of amides is 1. The highest BCUT2D eigenvalue weighted by Gasteiger charge is 2.17. The van der Waals surface area contributed by atoms with Gasteiger partial charge >= 0.3 is 0 Å². The van der Waals surface area contributed by atoms with E-state index < -0.39 is 12.1 Å². The molecule has 0 rings (SSSR count). The van der Waals surface area contributed by atoms with Crippen molar-refractivity contribution in [1.82, 2.24) is 5.32 Å². The lowest BCUT2D eigenvalue weighted by molar-refractivity contribution is -0.123. The summed E-state index contributed by atoms with van der Waals surface area (Å²) in [5.41, 5.74) is 0. The van der Waals surface area contributed by atoms with Crippen molar-refractivity contribution >= 4 is 5.91 Å². The zero-order chi connectivity index (χ0) is 50.6. The molecular weight excluding hydrogens is 855 g/mol. The Bertz CT molecular complexity index is 1420. The molecule has 0 heterocycles. The first-order chi connectivity index (χ1) is 34.7. The molecule has 0 radical (unpaired) electrons. The lowest BCUT2D eigenvalue weighted by Gasteiger charge is -2.19. The quantitative estimate of drug-likeness (QED) is 0.0420. The Kier molecular flexibility index (Phi) is 56.9. The van der Waals surface area contributed by atoms with Crippen LogP contribution in [-0.4, -0.2) is 34.9 Å². The maximum atomic E-state index is 12.5. The number of hydrogen-bond donors (Lipinski definition) is 3. The Morgan fingerprint density at radius 1 is 0.357 bits per heavy atom. The van der Waals surface area contributed by atoms with Gasteiger partial charge in [0.2, 0.25) is 5.91 Å². The highest BCUT2D eigenvalue weighted by atomic mass is 16.3. The molecule has 0 fully saturated rings. The first-order valence-electron chi connectivity index (χ1n) is 29.4. The van der Waals surface area contributed by atoms with Gasteiger partial charge in [0.05, 0.1) is 18.8 Å². The molecule has 0 saturated heterocycles. The molecule has 0 aliphatic carbocycles. The zero-order valence-electron chi connectivity index (χ0n) is 45.7. The number of aliphatic hydroxyl groups is 2. The Balaban J connectivity index is 3.68. The topological polar surface area (TPSA) is 69.6 Å². The molecule has 398 valence electrons. The van der Waals surface area contributed by atoms with E-state index in [1.54, 1.807) is 6.08 Å². The Hall–Kier alpha value is -3.47. The molecular formula is C66H111NO3. The van der Waals surface area contributed by atoms with E-state index in [0.717, 1.165) is 96.3 Å². The second-order valence-corrected chi connectivity index (χ2v) is 19.3. The molecule has 1 amide bonds. The first-order valence-corrected chi connectivity index (χ1v) is 29.4. The van der Waals surface area contributed by atoms with Gasteiger partial charge in [0.15, 0.2) is 0 Å². The van der Waals surface area contributed by atoms with E-state index >= 15 is 0 Å². The van der Waals surface area contributed by atoms with Crippen molar-refractivity contribution in [3.63, 3.8) is 0 Å². The summed E-state index contributed by atoms with van der Waals surface area (Å²) in [6.07, 6.45) is 93.3. The van der Waals surface area contributed by atoms with E-state index in [-0.39, 0.29) is 12.5 Å². The van der Waals surface area contributed by atoms with Crippen LogP contribution in [0, 0.1) is 0 Å². The molecule has 4 heteroatoms. The van der Waals surface area contributed by atoms with Gasteiger partial charge in [0.25, 0.3) is 0 Å². The number of hydrogen-bond acceptors (Lipinski definition) is 3. The Morgan fingerprint density at radius 2 is 0.629 bits per heavy atom. The summed E-state index contributed by atoms with van der Waals surface area (Å²) < 4.78 is 0. The van der Waals surface area contributed by atoms with Crippen LogP contribution >= 0.6 is 0 Å². The molecule has 0 saturated carbocycles. The van der Waals surface area contributed by atoms with Crippen molar-refractivity contribution in [2.75, 3.05) is 6.61 Å². The van der Waals surface area contributed by atoms with Crippen LogP contribution in [0.5, 0.6) is 0 Å². The van der Waals surface area contributed by atoms with Gasteiger partial charge in [-0.05, 0) is 96.3 Å². The average molecular weight is 967 g/mol. The van der Waals surface area contributed by atoms with Gasteiger partial charge in [-0.15, -0.1) is 0 Å². The molecule has 2 atom stereocenters. The SMILES string of the molecule is CC/C=C\C/C=C\C/C=C\C/C=C\C/C=C\C/C=C\C/C=C\C/C=C\C/C=C\C/C=C\CCCCC(=O)NC(CO)C(O)/C=C/CCCCCCCCCCCCCCCCCCCCCCCCC. The van der Waals surface area contributed by atoms with Crippen molar-refractivity contribution in [1.29, 1.82) is 0 Å². The lowest BCUT2D eigenvalue weighted by atomic mass is 10.0. The van der Waals surface area contributed by atoms with Crippen molar-refractivity contribution in [3.8, 4) is 0 Å². The van der Waals surface area contributed by atoms with Crippen molar-refractivity contribution in [3.05, 3.63) is 134 Å². The summed E-state index contributed by atoms with van der Waals surface area (Å²) in [5.74, 6) is -0.110. The first kappa shape index (κ1) is 66.5.